The first-order valence-corrected chi connectivity index (χ1v) is 6.64. The molecule has 1 amide bonds. The topological polar surface area (TPSA) is 92.5 Å². The van der Waals surface area contributed by atoms with Gasteiger partial charge in [-0.25, -0.2) is 14.3 Å². The van der Waals surface area contributed by atoms with Crippen LogP contribution in [0.1, 0.15) is 26.2 Å². The zero-order valence-electron chi connectivity index (χ0n) is 8.77. The summed E-state index contributed by atoms with van der Waals surface area (Å²) >= 11 is 0. The molecule has 0 bridgehead atoms. The first kappa shape index (κ1) is 12.4. The van der Waals surface area contributed by atoms with Crippen LogP contribution in [0.2, 0.25) is 0 Å². The van der Waals surface area contributed by atoms with Crippen LogP contribution in [0.3, 0.4) is 0 Å². The van der Waals surface area contributed by atoms with Crippen molar-refractivity contribution in [1.82, 2.24) is 9.73 Å². The molecule has 1 aliphatic heterocycles. The number of nitrogens with zero attached hydrogens (tertiary/aromatic N) is 1. The van der Waals surface area contributed by atoms with Crippen molar-refractivity contribution in [3.63, 3.8) is 0 Å². The van der Waals surface area contributed by atoms with Crippen molar-refractivity contribution in [1.29, 1.82) is 0 Å². The highest BCUT2D eigenvalue weighted by atomic mass is 32.2. The van der Waals surface area contributed by atoms with E-state index in [1.165, 1.54) is 4.31 Å². The molecule has 1 heterocycles. The molecule has 0 radical (unpaired) electrons. The lowest BCUT2D eigenvalue weighted by Crippen LogP contribution is -2.48. The fourth-order valence-corrected chi connectivity index (χ4v) is 3.55. The third kappa shape index (κ3) is 2.67. The average molecular weight is 235 g/mol. The number of hydrazine groups is 1. The van der Waals surface area contributed by atoms with E-state index >= 15 is 0 Å². The van der Waals surface area contributed by atoms with Crippen LogP contribution in [0.5, 0.6) is 0 Å². The van der Waals surface area contributed by atoms with Gasteiger partial charge in [-0.3, -0.25) is 10.2 Å². The maximum Gasteiger partial charge on any atom is 0.252 e. The summed E-state index contributed by atoms with van der Waals surface area (Å²) < 4.78 is 24.8. The number of rotatable bonds is 4. The van der Waals surface area contributed by atoms with E-state index in [-0.39, 0.29) is 5.75 Å². The van der Waals surface area contributed by atoms with Crippen molar-refractivity contribution in [3.8, 4) is 0 Å². The lowest BCUT2D eigenvalue weighted by Gasteiger charge is -2.22. The number of nitrogens with one attached hydrogen (secondary N) is 1. The zero-order chi connectivity index (χ0) is 11.5. The highest BCUT2D eigenvalue weighted by molar-refractivity contribution is 7.89. The number of carbonyl (C=O) groups is 1. The Morgan fingerprint density at radius 3 is 2.80 bits per heavy atom. The third-order valence-electron chi connectivity index (χ3n) is 2.47. The monoisotopic (exact) mass is 235 g/mol. The maximum atomic E-state index is 11.8. The largest absolute Gasteiger partial charge is 0.293 e. The van der Waals surface area contributed by atoms with Crippen LogP contribution >= 0.6 is 0 Å². The number of hydrogen-bond donors (Lipinski definition) is 2. The van der Waals surface area contributed by atoms with Crippen molar-refractivity contribution in [2.45, 2.75) is 32.2 Å². The molecule has 1 rings (SSSR count). The first-order chi connectivity index (χ1) is 7.03. The molecule has 0 saturated carbocycles. The molecule has 1 aliphatic rings. The van der Waals surface area contributed by atoms with E-state index in [0.717, 1.165) is 0 Å². The van der Waals surface area contributed by atoms with Crippen LogP contribution in [-0.4, -0.2) is 37.0 Å². The molecule has 0 aromatic rings. The molecule has 1 saturated heterocycles. The van der Waals surface area contributed by atoms with E-state index in [9.17, 15) is 13.2 Å². The van der Waals surface area contributed by atoms with Gasteiger partial charge in [0, 0.05) is 6.54 Å². The zero-order valence-corrected chi connectivity index (χ0v) is 9.59. The molecule has 1 unspecified atom stereocenters. The smallest absolute Gasteiger partial charge is 0.252 e. The van der Waals surface area contributed by atoms with Crippen LogP contribution in [-0.2, 0) is 14.8 Å². The van der Waals surface area contributed by atoms with Gasteiger partial charge in [0.05, 0.1) is 5.75 Å². The summed E-state index contributed by atoms with van der Waals surface area (Å²) in [5.74, 6) is 4.67. The molecule has 88 valence electrons. The minimum absolute atomic E-state index is 0.0847. The van der Waals surface area contributed by atoms with Crippen molar-refractivity contribution >= 4 is 15.9 Å². The van der Waals surface area contributed by atoms with Crippen LogP contribution < -0.4 is 11.3 Å². The SMILES string of the molecule is CCCS(=O)(=O)N1CCCC1C(=O)NN. The molecular formula is C8H17N3O3S. The molecule has 1 atom stereocenters. The van der Waals surface area contributed by atoms with Gasteiger partial charge < -0.3 is 0 Å². The van der Waals surface area contributed by atoms with Gasteiger partial charge >= 0.3 is 0 Å². The predicted molar refractivity (Wildman–Crippen MR) is 56.1 cm³/mol. The summed E-state index contributed by atoms with van der Waals surface area (Å²) in [4.78, 5) is 11.3. The molecule has 15 heavy (non-hydrogen) atoms. The van der Waals surface area contributed by atoms with Crippen LogP contribution in [0, 0.1) is 0 Å². The van der Waals surface area contributed by atoms with Gasteiger partial charge in [0.1, 0.15) is 6.04 Å². The average Bonchev–Trinajstić information content (AvgIpc) is 2.65. The van der Waals surface area contributed by atoms with Crippen LogP contribution in [0.15, 0.2) is 0 Å². The lowest BCUT2D eigenvalue weighted by atomic mass is 10.2. The van der Waals surface area contributed by atoms with E-state index in [2.05, 4.69) is 0 Å². The molecule has 0 aromatic heterocycles. The Hall–Kier alpha value is -0.660. The number of carbonyl (C=O) groups excluding carboxylic acids is 1. The Bertz CT molecular complexity index is 328. The van der Waals surface area contributed by atoms with E-state index in [4.69, 9.17) is 5.84 Å². The van der Waals surface area contributed by atoms with E-state index in [0.29, 0.717) is 25.8 Å². The summed E-state index contributed by atoms with van der Waals surface area (Å²) in [5, 5.41) is 0. The molecular weight excluding hydrogens is 218 g/mol. The van der Waals surface area contributed by atoms with Gasteiger partial charge in [-0.15, -0.1) is 0 Å². The van der Waals surface area contributed by atoms with Crippen LogP contribution in [0.4, 0.5) is 0 Å². The second kappa shape index (κ2) is 4.91. The highest BCUT2D eigenvalue weighted by Crippen LogP contribution is 2.21. The minimum Gasteiger partial charge on any atom is -0.293 e. The Morgan fingerprint density at radius 2 is 2.27 bits per heavy atom. The summed E-state index contributed by atoms with van der Waals surface area (Å²) in [6.07, 6.45) is 1.81. The minimum atomic E-state index is -3.30. The number of hydrogen-bond acceptors (Lipinski definition) is 4. The highest BCUT2D eigenvalue weighted by Gasteiger charge is 2.37. The molecule has 3 N–H and O–H groups in total. The molecule has 0 spiro atoms. The number of amides is 1. The molecule has 1 fully saturated rings. The fraction of sp³-hybridized carbons (Fsp3) is 0.875. The van der Waals surface area contributed by atoms with Crippen molar-refractivity contribution in [2.75, 3.05) is 12.3 Å². The maximum absolute atomic E-state index is 11.8. The second-order valence-electron chi connectivity index (χ2n) is 3.59. The van der Waals surface area contributed by atoms with Gasteiger partial charge in [0.25, 0.3) is 5.91 Å². The summed E-state index contributed by atoms with van der Waals surface area (Å²) in [6, 6.07) is -0.619. The van der Waals surface area contributed by atoms with Gasteiger partial charge in [-0.05, 0) is 19.3 Å². The molecule has 6 nitrogen and oxygen atoms in total. The Kier molecular flexibility index (Phi) is 4.06. The first-order valence-electron chi connectivity index (χ1n) is 5.03. The van der Waals surface area contributed by atoms with Crippen molar-refractivity contribution < 1.29 is 13.2 Å². The summed E-state index contributed by atoms with van der Waals surface area (Å²) in [6.45, 7) is 2.21. The third-order valence-corrected chi connectivity index (χ3v) is 4.54. The lowest BCUT2D eigenvalue weighted by molar-refractivity contribution is -0.124. The van der Waals surface area contributed by atoms with Crippen molar-refractivity contribution in [3.05, 3.63) is 0 Å². The second-order valence-corrected chi connectivity index (χ2v) is 5.63. The van der Waals surface area contributed by atoms with E-state index in [1.54, 1.807) is 6.92 Å². The molecule has 7 heteroatoms. The van der Waals surface area contributed by atoms with Gasteiger partial charge in [0.2, 0.25) is 10.0 Å². The quantitative estimate of drug-likeness (QED) is 0.378. The Labute approximate surface area is 89.8 Å². The van der Waals surface area contributed by atoms with Crippen LogP contribution in [0.25, 0.3) is 0 Å². The van der Waals surface area contributed by atoms with Gasteiger partial charge in [-0.1, -0.05) is 6.92 Å². The van der Waals surface area contributed by atoms with E-state index < -0.39 is 22.0 Å². The predicted octanol–water partition coefficient (Wildman–Crippen LogP) is -0.819. The Balaban J connectivity index is 2.81. The number of sulfonamides is 1. The molecule has 0 aliphatic carbocycles. The normalized spacial score (nSPS) is 22.9. The van der Waals surface area contributed by atoms with Gasteiger partial charge in [-0.2, -0.15) is 4.31 Å². The summed E-state index contributed by atoms with van der Waals surface area (Å²) in [5.41, 5.74) is 2.01. The number of nitrogens with two attached hydrogens (primary N) is 1. The van der Waals surface area contributed by atoms with Crippen molar-refractivity contribution in [2.24, 2.45) is 5.84 Å². The molecule has 0 aromatic carbocycles. The van der Waals surface area contributed by atoms with Gasteiger partial charge in [0.15, 0.2) is 0 Å². The fourth-order valence-electron chi connectivity index (χ4n) is 1.81. The Morgan fingerprint density at radius 1 is 1.60 bits per heavy atom. The standard InChI is InChI=1S/C8H17N3O3S/c1-2-6-15(13,14)11-5-3-4-7(11)8(12)10-9/h7H,2-6,9H2,1H3,(H,10,12). The van der Waals surface area contributed by atoms with E-state index in [1.807, 2.05) is 5.43 Å². The summed E-state index contributed by atoms with van der Waals surface area (Å²) in [7, 11) is -3.30.